The second kappa shape index (κ2) is 5.71. The summed E-state index contributed by atoms with van der Waals surface area (Å²) in [5, 5.41) is 7.69. The second-order valence-electron chi connectivity index (χ2n) is 4.33. The Morgan fingerprint density at radius 2 is 1.94 bits per heavy atom. The second-order valence-corrected chi connectivity index (χ2v) is 5.14. The van der Waals surface area contributed by atoms with Crippen molar-refractivity contribution in [2.45, 2.75) is 0 Å². The number of hydrazone groups is 1. The van der Waals surface area contributed by atoms with Gasteiger partial charge in [-0.05, 0) is 17.7 Å². The minimum atomic E-state index is 0.568. The molecule has 0 unspecified atom stereocenters. The van der Waals surface area contributed by atoms with E-state index < -0.39 is 0 Å². The van der Waals surface area contributed by atoms with Gasteiger partial charge < -0.3 is 4.90 Å². The van der Waals surface area contributed by atoms with Gasteiger partial charge >= 0.3 is 0 Å². The third kappa shape index (κ3) is 3.60. The molecule has 1 aromatic rings. The van der Waals surface area contributed by atoms with Crippen molar-refractivity contribution in [3.05, 3.63) is 33.8 Å². The van der Waals surface area contributed by atoms with Crippen molar-refractivity contribution in [2.24, 2.45) is 5.10 Å². The molecule has 0 bridgehead atoms. The van der Waals surface area contributed by atoms with Crippen molar-refractivity contribution < 1.29 is 4.90 Å². The molecule has 0 atom stereocenters. The quantitative estimate of drug-likeness (QED) is 0.802. The molecule has 0 aromatic heterocycles. The molecule has 0 radical (unpaired) electrons. The highest BCUT2D eigenvalue weighted by Gasteiger charge is 2.13. The summed E-state index contributed by atoms with van der Waals surface area (Å²) in [5.74, 6) is 0. The summed E-state index contributed by atoms with van der Waals surface area (Å²) in [4.78, 5) is 1.56. The Bertz CT molecular complexity index is 412. The van der Waals surface area contributed by atoms with Gasteiger partial charge in [-0.3, -0.25) is 5.01 Å². The fourth-order valence-electron chi connectivity index (χ4n) is 1.73. The van der Waals surface area contributed by atoms with Gasteiger partial charge in [-0.25, -0.2) is 0 Å². The molecule has 0 amide bonds. The molecule has 3 nitrogen and oxygen atoms in total. The average Bonchev–Trinajstić information content (AvgIpc) is 2.33. The molecule has 0 saturated carbocycles. The first kappa shape index (κ1) is 12.7. The van der Waals surface area contributed by atoms with Crippen molar-refractivity contribution in [3.63, 3.8) is 0 Å². The van der Waals surface area contributed by atoms with Gasteiger partial charge in [-0.15, -0.1) is 0 Å². The number of hydrogen-bond acceptors (Lipinski definition) is 2. The third-order valence-corrected chi connectivity index (χ3v) is 3.65. The number of nitrogens with one attached hydrogen (secondary N) is 1. The smallest absolute Gasteiger partial charge is 0.0964 e. The van der Waals surface area contributed by atoms with Crippen molar-refractivity contribution in [3.8, 4) is 0 Å². The van der Waals surface area contributed by atoms with Gasteiger partial charge in [0.05, 0.1) is 49.5 Å². The highest BCUT2D eigenvalue weighted by molar-refractivity contribution is 6.42. The topological polar surface area (TPSA) is 20.0 Å². The molecule has 0 spiro atoms. The number of nitrogens with zero attached hydrogens (tertiary/aromatic N) is 2. The minimum Gasteiger partial charge on any atom is -0.334 e. The number of quaternary nitrogens is 1. The first-order valence-corrected chi connectivity index (χ1v) is 6.46. The molecule has 1 heterocycles. The highest BCUT2D eigenvalue weighted by Crippen LogP contribution is 2.21. The summed E-state index contributed by atoms with van der Waals surface area (Å²) >= 11 is 11.8. The van der Waals surface area contributed by atoms with Crippen LogP contribution >= 0.6 is 23.2 Å². The molecule has 1 aliphatic heterocycles. The minimum absolute atomic E-state index is 0.568. The summed E-state index contributed by atoms with van der Waals surface area (Å²) in [6, 6.07) is 5.53. The predicted molar refractivity (Wildman–Crippen MR) is 72.2 cm³/mol. The van der Waals surface area contributed by atoms with Crippen molar-refractivity contribution in [1.82, 2.24) is 5.01 Å². The molecular formula is C12H16Cl2N3+. The third-order valence-electron chi connectivity index (χ3n) is 2.91. The van der Waals surface area contributed by atoms with E-state index in [2.05, 4.69) is 17.2 Å². The number of rotatable bonds is 2. The first-order chi connectivity index (χ1) is 8.15. The lowest BCUT2D eigenvalue weighted by atomic mass is 10.2. The number of hydrogen-bond donors (Lipinski definition) is 1. The van der Waals surface area contributed by atoms with E-state index in [4.69, 9.17) is 23.2 Å². The van der Waals surface area contributed by atoms with Gasteiger partial charge in [0.25, 0.3) is 0 Å². The van der Waals surface area contributed by atoms with Crippen molar-refractivity contribution >= 4 is 29.4 Å². The van der Waals surface area contributed by atoms with E-state index in [1.165, 1.54) is 0 Å². The van der Waals surface area contributed by atoms with Gasteiger partial charge in [-0.1, -0.05) is 29.3 Å². The van der Waals surface area contributed by atoms with Crippen LogP contribution in [-0.2, 0) is 0 Å². The fraction of sp³-hybridized carbons (Fsp3) is 0.417. The molecule has 2 rings (SSSR count). The molecule has 0 aliphatic carbocycles. The Labute approximate surface area is 112 Å². The average molecular weight is 273 g/mol. The van der Waals surface area contributed by atoms with Crippen LogP contribution in [0.15, 0.2) is 23.3 Å². The summed E-state index contributed by atoms with van der Waals surface area (Å²) in [6.07, 6.45) is 1.84. The summed E-state index contributed by atoms with van der Waals surface area (Å²) in [5.41, 5.74) is 0.977. The van der Waals surface area contributed by atoms with Crippen LogP contribution in [0.1, 0.15) is 5.56 Å². The summed E-state index contributed by atoms with van der Waals surface area (Å²) in [7, 11) is 2.21. The predicted octanol–water partition coefficient (Wildman–Crippen LogP) is 1.16. The van der Waals surface area contributed by atoms with Crippen LogP contribution in [0.4, 0.5) is 0 Å². The Kier molecular flexibility index (Phi) is 4.26. The van der Waals surface area contributed by atoms with E-state index in [1.807, 2.05) is 18.3 Å². The Morgan fingerprint density at radius 1 is 1.24 bits per heavy atom. The maximum Gasteiger partial charge on any atom is 0.0964 e. The number of benzene rings is 1. The van der Waals surface area contributed by atoms with Gasteiger partial charge in [0.2, 0.25) is 0 Å². The van der Waals surface area contributed by atoms with Crippen LogP contribution in [0, 0.1) is 0 Å². The molecule has 1 fully saturated rings. The van der Waals surface area contributed by atoms with Crippen LogP contribution in [0.25, 0.3) is 0 Å². The molecule has 1 N–H and O–H groups in total. The van der Waals surface area contributed by atoms with E-state index >= 15 is 0 Å². The van der Waals surface area contributed by atoms with E-state index in [0.29, 0.717) is 10.0 Å². The first-order valence-electron chi connectivity index (χ1n) is 5.70. The molecule has 1 saturated heterocycles. The van der Waals surface area contributed by atoms with Gasteiger partial charge in [0.1, 0.15) is 0 Å². The summed E-state index contributed by atoms with van der Waals surface area (Å²) in [6.45, 7) is 4.28. The van der Waals surface area contributed by atoms with Crippen molar-refractivity contribution in [1.29, 1.82) is 0 Å². The van der Waals surface area contributed by atoms with Gasteiger partial charge in [-0.2, -0.15) is 5.10 Å². The summed E-state index contributed by atoms with van der Waals surface area (Å²) < 4.78 is 0. The SMILES string of the molecule is C[NH+]1CCN(/N=C\c2ccc(Cl)c(Cl)c2)CC1. The zero-order chi connectivity index (χ0) is 12.3. The van der Waals surface area contributed by atoms with Crippen LogP contribution in [0.2, 0.25) is 10.0 Å². The maximum absolute atomic E-state index is 5.94. The number of likely N-dealkylation sites (N-methyl/N-ethyl adjacent to an activating group) is 1. The fourth-order valence-corrected chi connectivity index (χ4v) is 2.04. The highest BCUT2D eigenvalue weighted by atomic mass is 35.5. The molecule has 5 heteroatoms. The molecule has 1 aromatic carbocycles. The van der Waals surface area contributed by atoms with Crippen LogP contribution < -0.4 is 4.90 Å². The van der Waals surface area contributed by atoms with Crippen LogP contribution in [0.3, 0.4) is 0 Å². The monoisotopic (exact) mass is 272 g/mol. The van der Waals surface area contributed by atoms with Gasteiger partial charge in [0, 0.05) is 0 Å². The zero-order valence-corrected chi connectivity index (χ0v) is 11.3. The lowest BCUT2D eigenvalue weighted by Gasteiger charge is -2.27. The molecule has 17 heavy (non-hydrogen) atoms. The van der Waals surface area contributed by atoms with E-state index in [0.717, 1.165) is 31.7 Å². The number of halogens is 2. The lowest BCUT2D eigenvalue weighted by Crippen LogP contribution is -3.11. The largest absolute Gasteiger partial charge is 0.334 e. The number of piperazine rings is 1. The Morgan fingerprint density at radius 3 is 2.59 bits per heavy atom. The Balaban J connectivity index is 1.97. The van der Waals surface area contributed by atoms with Crippen LogP contribution in [0.5, 0.6) is 0 Å². The van der Waals surface area contributed by atoms with Crippen molar-refractivity contribution in [2.75, 3.05) is 33.2 Å². The van der Waals surface area contributed by atoms with E-state index in [9.17, 15) is 0 Å². The van der Waals surface area contributed by atoms with Crippen LogP contribution in [-0.4, -0.2) is 44.5 Å². The molecule has 1 aliphatic rings. The van der Waals surface area contributed by atoms with Gasteiger partial charge in [0.15, 0.2) is 0 Å². The molecular weight excluding hydrogens is 257 g/mol. The zero-order valence-electron chi connectivity index (χ0n) is 9.79. The molecule has 92 valence electrons. The lowest BCUT2D eigenvalue weighted by molar-refractivity contribution is -0.884. The normalized spacial score (nSPS) is 17.9. The maximum atomic E-state index is 5.94. The standard InChI is InChI=1S/C12H15Cl2N3/c1-16-4-6-17(7-5-16)15-9-10-2-3-11(13)12(14)8-10/h2-3,8-9H,4-7H2,1H3/p+1/b15-9-. The van der Waals surface area contributed by atoms with E-state index in [1.54, 1.807) is 11.0 Å². The van der Waals surface area contributed by atoms with E-state index in [-0.39, 0.29) is 0 Å². The Hall–Kier alpha value is -0.770.